The lowest BCUT2D eigenvalue weighted by atomic mass is 9.69. The van der Waals surface area contributed by atoms with Gasteiger partial charge < -0.3 is 4.74 Å². The highest BCUT2D eigenvalue weighted by atomic mass is 16.5. The molecule has 1 aliphatic carbocycles. The van der Waals surface area contributed by atoms with Gasteiger partial charge in [0.1, 0.15) is 0 Å². The van der Waals surface area contributed by atoms with E-state index >= 15 is 0 Å². The topological polar surface area (TPSA) is 26.3 Å². The summed E-state index contributed by atoms with van der Waals surface area (Å²) >= 11 is 0. The van der Waals surface area contributed by atoms with Crippen LogP contribution in [0.5, 0.6) is 0 Å². The average molecular weight is 210 g/mol. The summed E-state index contributed by atoms with van der Waals surface area (Å²) in [6.07, 6.45) is 5.01. The molecule has 86 valence electrons. The summed E-state index contributed by atoms with van der Waals surface area (Å²) in [5.41, 5.74) is 1.23. The largest absolute Gasteiger partial charge is 0.469 e. The minimum absolute atomic E-state index is 0.0719. The molecule has 15 heavy (non-hydrogen) atoms. The fraction of sp³-hybridized carbons (Fsp3) is 0.769. The van der Waals surface area contributed by atoms with Crippen LogP contribution in [0, 0.1) is 10.8 Å². The number of ether oxygens (including phenoxy) is 1. The van der Waals surface area contributed by atoms with E-state index in [1.807, 2.05) is 6.92 Å². The predicted molar refractivity (Wildman–Crippen MR) is 61.5 cm³/mol. The summed E-state index contributed by atoms with van der Waals surface area (Å²) in [7, 11) is 1.47. The number of esters is 1. The lowest BCUT2D eigenvalue weighted by Gasteiger charge is -2.36. The van der Waals surface area contributed by atoms with Gasteiger partial charge in [-0.2, -0.15) is 0 Å². The summed E-state index contributed by atoms with van der Waals surface area (Å²) in [5.74, 6) is -0.0719. The van der Waals surface area contributed by atoms with Gasteiger partial charge in [-0.25, -0.2) is 0 Å². The maximum Gasteiger partial charge on any atom is 0.311 e. The molecule has 1 rings (SSSR count). The smallest absolute Gasteiger partial charge is 0.311 e. The molecule has 0 N–H and O–H groups in total. The van der Waals surface area contributed by atoms with Gasteiger partial charge in [0.2, 0.25) is 0 Å². The zero-order valence-corrected chi connectivity index (χ0v) is 10.5. The molecule has 0 spiro atoms. The van der Waals surface area contributed by atoms with Gasteiger partial charge in [-0.1, -0.05) is 32.4 Å². The van der Waals surface area contributed by atoms with Crippen molar-refractivity contribution in [1.29, 1.82) is 0 Å². The first kappa shape index (κ1) is 12.3. The van der Waals surface area contributed by atoms with E-state index in [1.54, 1.807) is 0 Å². The molecule has 0 bridgehead atoms. The monoisotopic (exact) mass is 210 g/mol. The highest BCUT2D eigenvalue weighted by Gasteiger charge is 2.38. The molecular weight excluding hydrogens is 188 g/mol. The van der Waals surface area contributed by atoms with Crippen molar-refractivity contribution in [2.24, 2.45) is 10.8 Å². The van der Waals surface area contributed by atoms with E-state index in [9.17, 15) is 4.79 Å². The quantitative estimate of drug-likeness (QED) is 0.490. The van der Waals surface area contributed by atoms with Crippen molar-refractivity contribution in [2.45, 2.75) is 47.0 Å². The van der Waals surface area contributed by atoms with Crippen LogP contribution >= 0.6 is 0 Å². The standard InChI is InChI=1S/C13H22O2/c1-12(2,3)10-7-6-8-13(4,9-10)11(14)15-5/h7H,6,8-9H2,1-5H3. The van der Waals surface area contributed by atoms with Gasteiger partial charge in [0, 0.05) is 0 Å². The zero-order chi connectivity index (χ0) is 11.7. The normalized spacial score (nSPS) is 27.1. The molecule has 0 saturated heterocycles. The lowest BCUT2D eigenvalue weighted by Crippen LogP contribution is -2.33. The summed E-state index contributed by atoms with van der Waals surface area (Å²) in [4.78, 5) is 11.7. The minimum Gasteiger partial charge on any atom is -0.469 e. The number of hydrogen-bond donors (Lipinski definition) is 0. The van der Waals surface area contributed by atoms with Crippen molar-refractivity contribution in [3.8, 4) is 0 Å². The molecule has 0 aliphatic heterocycles. The number of carbonyl (C=O) groups excluding carboxylic acids is 1. The van der Waals surface area contributed by atoms with E-state index in [0.29, 0.717) is 0 Å². The van der Waals surface area contributed by atoms with Crippen LogP contribution in [0.1, 0.15) is 47.0 Å². The number of hydrogen-bond acceptors (Lipinski definition) is 2. The van der Waals surface area contributed by atoms with E-state index in [2.05, 4.69) is 26.8 Å². The third kappa shape index (κ3) is 2.61. The molecule has 2 heteroatoms. The Morgan fingerprint density at radius 3 is 2.53 bits per heavy atom. The van der Waals surface area contributed by atoms with Crippen LogP contribution in [0.4, 0.5) is 0 Å². The highest BCUT2D eigenvalue weighted by Crippen LogP contribution is 2.43. The average Bonchev–Trinajstić information content (AvgIpc) is 2.15. The summed E-state index contributed by atoms with van der Waals surface area (Å²) in [6.45, 7) is 8.60. The molecule has 0 radical (unpaired) electrons. The van der Waals surface area contributed by atoms with E-state index in [4.69, 9.17) is 4.74 Å². The third-order valence-electron chi connectivity index (χ3n) is 3.31. The van der Waals surface area contributed by atoms with Crippen LogP contribution in [-0.4, -0.2) is 13.1 Å². The van der Waals surface area contributed by atoms with Crippen LogP contribution in [0.3, 0.4) is 0 Å². The minimum atomic E-state index is -0.313. The van der Waals surface area contributed by atoms with E-state index in [1.165, 1.54) is 12.7 Å². The fourth-order valence-electron chi connectivity index (χ4n) is 2.14. The second-order valence-electron chi connectivity index (χ2n) is 5.75. The number of allylic oxidation sites excluding steroid dienone is 2. The van der Waals surface area contributed by atoms with Gasteiger partial charge in [0.05, 0.1) is 12.5 Å². The van der Waals surface area contributed by atoms with Crippen LogP contribution in [0.15, 0.2) is 11.6 Å². The van der Waals surface area contributed by atoms with Gasteiger partial charge in [0.15, 0.2) is 0 Å². The molecule has 2 nitrogen and oxygen atoms in total. The first-order valence-corrected chi connectivity index (χ1v) is 5.57. The van der Waals surface area contributed by atoms with Gasteiger partial charge in [0.25, 0.3) is 0 Å². The predicted octanol–water partition coefficient (Wildman–Crippen LogP) is 3.32. The van der Waals surface area contributed by atoms with Crippen molar-refractivity contribution in [2.75, 3.05) is 7.11 Å². The number of methoxy groups -OCH3 is 1. The fourth-order valence-corrected chi connectivity index (χ4v) is 2.14. The van der Waals surface area contributed by atoms with E-state index in [-0.39, 0.29) is 16.8 Å². The molecular formula is C13H22O2. The molecule has 1 aliphatic rings. The summed E-state index contributed by atoms with van der Waals surface area (Å²) in [6, 6.07) is 0. The molecule has 0 aromatic rings. The van der Waals surface area contributed by atoms with Crippen LogP contribution in [0.25, 0.3) is 0 Å². The van der Waals surface area contributed by atoms with Gasteiger partial charge >= 0.3 is 5.97 Å². The van der Waals surface area contributed by atoms with Crippen LogP contribution < -0.4 is 0 Å². The lowest BCUT2D eigenvalue weighted by molar-refractivity contribution is -0.152. The number of rotatable bonds is 1. The molecule has 1 unspecified atom stereocenters. The Balaban J connectivity index is 2.86. The Morgan fingerprint density at radius 2 is 2.07 bits per heavy atom. The van der Waals surface area contributed by atoms with Crippen molar-refractivity contribution in [1.82, 2.24) is 0 Å². The Kier molecular flexibility index (Phi) is 3.27. The third-order valence-corrected chi connectivity index (χ3v) is 3.31. The maximum atomic E-state index is 11.7. The van der Waals surface area contributed by atoms with Gasteiger partial charge in [-0.3, -0.25) is 4.79 Å². The second-order valence-corrected chi connectivity index (χ2v) is 5.75. The molecule has 0 amide bonds. The summed E-state index contributed by atoms with van der Waals surface area (Å²) in [5, 5.41) is 0. The number of carbonyl (C=O) groups is 1. The Hall–Kier alpha value is -0.790. The first-order chi connectivity index (χ1) is 6.79. The Morgan fingerprint density at radius 1 is 1.47 bits per heavy atom. The van der Waals surface area contributed by atoms with Gasteiger partial charge in [-0.15, -0.1) is 0 Å². The van der Waals surface area contributed by atoms with Crippen LogP contribution in [-0.2, 0) is 9.53 Å². The first-order valence-electron chi connectivity index (χ1n) is 5.57. The van der Waals surface area contributed by atoms with E-state index < -0.39 is 0 Å². The maximum absolute atomic E-state index is 11.7. The van der Waals surface area contributed by atoms with Crippen LogP contribution in [0.2, 0.25) is 0 Å². The molecule has 0 aromatic heterocycles. The zero-order valence-electron chi connectivity index (χ0n) is 10.5. The summed E-state index contributed by atoms with van der Waals surface area (Å²) < 4.78 is 4.89. The van der Waals surface area contributed by atoms with Crippen molar-refractivity contribution in [3.63, 3.8) is 0 Å². The highest BCUT2D eigenvalue weighted by molar-refractivity contribution is 5.77. The molecule has 0 aromatic carbocycles. The Bertz CT molecular complexity index is 283. The Labute approximate surface area is 92.7 Å². The SMILES string of the molecule is COC(=O)C1(C)CCC=C(C(C)(C)C)C1. The van der Waals surface area contributed by atoms with Crippen molar-refractivity contribution >= 4 is 5.97 Å². The van der Waals surface area contributed by atoms with Crippen molar-refractivity contribution in [3.05, 3.63) is 11.6 Å². The van der Waals surface area contributed by atoms with Gasteiger partial charge in [-0.05, 0) is 31.6 Å². The molecule has 0 fully saturated rings. The molecule has 0 heterocycles. The molecule has 1 atom stereocenters. The van der Waals surface area contributed by atoms with Crippen molar-refractivity contribution < 1.29 is 9.53 Å². The molecule has 0 saturated carbocycles. The van der Waals surface area contributed by atoms with E-state index in [0.717, 1.165) is 19.3 Å². The second kappa shape index (κ2) is 3.99.